The predicted molar refractivity (Wildman–Crippen MR) is 58.9 cm³/mol. The van der Waals surface area contributed by atoms with Gasteiger partial charge in [-0.05, 0) is 25.0 Å². The summed E-state index contributed by atoms with van der Waals surface area (Å²) in [6.45, 7) is 1.28. The molecule has 3 heteroatoms. The van der Waals surface area contributed by atoms with Crippen molar-refractivity contribution >= 4 is 0 Å². The maximum Gasteiger partial charge on any atom is 0.160 e. The molecule has 0 amide bonds. The van der Waals surface area contributed by atoms with Crippen molar-refractivity contribution in [2.75, 3.05) is 13.2 Å². The Bertz CT molecular complexity index is 329. The third-order valence-corrected chi connectivity index (χ3v) is 3.25. The highest BCUT2D eigenvalue weighted by atomic mass is 16.5. The molecule has 1 fully saturated rings. The van der Waals surface area contributed by atoms with E-state index in [1.807, 2.05) is 6.07 Å². The van der Waals surface area contributed by atoms with Crippen LogP contribution in [0.4, 0.5) is 0 Å². The summed E-state index contributed by atoms with van der Waals surface area (Å²) in [6.07, 6.45) is 3.51. The zero-order valence-corrected chi connectivity index (χ0v) is 8.78. The minimum atomic E-state index is 0.155. The van der Waals surface area contributed by atoms with Crippen LogP contribution in [0.2, 0.25) is 0 Å². The molecule has 15 heavy (non-hydrogen) atoms. The number of hydrogen-bond donors (Lipinski definition) is 2. The standard InChI is InChI=1S/C12H17NO2/c13-8-12(6-3-7-12)9-15-11-5-2-1-4-10(11)14/h1-2,4-5,14H,3,6-9,13H2. The van der Waals surface area contributed by atoms with Gasteiger partial charge in [0, 0.05) is 12.0 Å². The second-order valence-electron chi connectivity index (χ2n) is 4.31. The van der Waals surface area contributed by atoms with E-state index in [1.165, 1.54) is 6.42 Å². The fourth-order valence-corrected chi connectivity index (χ4v) is 1.89. The molecule has 0 spiro atoms. The zero-order chi connectivity index (χ0) is 10.7. The molecule has 0 saturated heterocycles. The van der Waals surface area contributed by atoms with Gasteiger partial charge in [-0.25, -0.2) is 0 Å². The number of hydrogen-bond acceptors (Lipinski definition) is 3. The van der Waals surface area contributed by atoms with Gasteiger partial charge in [0.05, 0.1) is 6.61 Å². The summed E-state index contributed by atoms with van der Waals surface area (Å²) in [4.78, 5) is 0. The van der Waals surface area contributed by atoms with Crippen molar-refractivity contribution in [1.29, 1.82) is 0 Å². The number of phenols is 1. The summed E-state index contributed by atoms with van der Waals surface area (Å²) in [5.41, 5.74) is 5.88. The van der Waals surface area contributed by atoms with Crippen molar-refractivity contribution in [1.82, 2.24) is 0 Å². The molecule has 3 N–H and O–H groups in total. The number of phenolic OH excluding ortho intramolecular Hbond substituents is 1. The topological polar surface area (TPSA) is 55.5 Å². The number of benzene rings is 1. The Hall–Kier alpha value is -1.22. The lowest BCUT2D eigenvalue weighted by molar-refractivity contribution is 0.0653. The lowest BCUT2D eigenvalue weighted by atomic mass is 9.69. The molecule has 1 saturated carbocycles. The number of ether oxygens (including phenoxy) is 1. The molecule has 1 aromatic carbocycles. The highest BCUT2D eigenvalue weighted by molar-refractivity contribution is 5.37. The highest BCUT2D eigenvalue weighted by Gasteiger charge is 2.36. The zero-order valence-electron chi connectivity index (χ0n) is 8.78. The van der Waals surface area contributed by atoms with E-state index in [0.717, 1.165) is 12.8 Å². The Morgan fingerprint density at radius 3 is 2.60 bits per heavy atom. The van der Waals surface area contributed by atoms with Crippen LogP contribution >= 0.6 is 0 Å². The maximum absolute atomic E-state index is 9.51. The van der Waals surface area contributed by atoms with Gasteiger partial charge >= 0.3 is 0 Å². The fourth-order valence-electron chi connectivity index (χ4n) is 1.89. The number of rotatable bonds is 4. The number of aromatic hydroxyl groups is 1. The molecule has 1 aliphatic carbocycles. The Morgan fingerprint density at radius 2 is 2.07 bits per heavy atom. The van der Waals surface area contributed by atoms with Gasteiger partial charge in [-0.3, -0.25) is 0 Å². The molecule has 1 aliphatic rings. The van der Waals surface area contributed by atoms with Crippen LogP contribution in [0.1, 0.15) is 19.3 Å². The normalized spacial score (nSPS) is 18.2. The van der Waals surface area contributed by atoms with E-state index < -0.39 is 0 Å². The van der Waals surface area contributed by atoms with E-state index >= 15 is 0 Å². The molecule has 0 bridgehead atoms. The predicted octanol–water partition coefficient (Wildman–Crippen LogP) is 1.90. The molecule has 82 valence electrons. The molecule has 0 radical (unpaired) electrons. The molecule has 0 aromatic heterocycles. The van der Waals surface area contributed by atoms with Crippen molar-refractivity contribution < 1.29 is 9.84 Å². The second-order valence-corrected chi connectivity index (χ2v) is 4.31. The van der Waals surface area contributed by atoms with Crippen molar-refractivity contribution in [2.24, 2.45) is 11.1 Å². The van der Waals surface area contributed by atoms with Gasteiger partial charge < -0.3 is 15.6 Å². The Morgan fingerprint density at radius 1 is 1.33 bits per heavy atom. The maximum atomic E-state index is 9.51. The van der Waals surface area contributed by atoms with Crippen LogP contribution in [0.5, 0.6) is 11.5 Å². The van der Waals surface area contributed by atoms with Crippen molar-refractivity contribution in [3.63, 3.8) is 0 Å². The molecule has 0 heterocycles. The summed E-state index contributed by atoms with van der Waals surface area (Å²) in [5, 5.41) is 9.51. The van der Waals surface area contributed by atoms with Gasteiger partial charge in [-0.1, -0.05) is 18.6 Å². The summed E-state index contributed by atoms with van der Waals surface area (Å²) < 4.78 is 5.60. The molecule has 1 aromatic rings. The van der Waals surface area contributed by atoms with Gasteiger partial charge in [0.2, 0.25) is 0 Å². The molecule has 3 nitrogen and oxygen atoms in total. The molecule has 0 atom stereocenters. The first-order chi connectivity index (χ1) is 7.26. The summed E-state index contributed by atoms with van der Waals surface area (Å²) in [7, 11) is 0. The second kappa shape index (κ2) is 4.11. The van der Waals surface area contributed by atoms with E-state index in [4.69, 9.17) is 10.5 Å². The Kier molecular flexibility index (Phi) is 2.82. The largest absolute Gasteiger partial charge is 0.504 e. The van der Waals surface area contributed by atoms with Gasteiger partial charge in [0.15, 0.2) is 11.5 Å². The first-order valence-corrected chi connectivity index (χ1v) is 5.37. The van der Waals surface area contributed by atoms with Gasteiger partial charge in [-0.15, -0.1) is 0 Å². The van der Waals surface area contributed by atoms with Crippen LogP contribution in [0.15, 0.2) is 24.3 Å². The smallest absolute Gasteiger partial charge is 0.160 e. The third-order valence-electron chi connectivity index (χ3n) is 3.25. The van der Waals surface area contributed by atoms with Gasteiger partial charge in [0.25, 0.3) is 0 Å². The average molecular weight is 207 g/mol. The lowest BCUT2D eigenvalue weighted by Gasteiger charge is -2.40. The first kappa shape index (κ1) is 10.3. The van der Waals surface area contributed by atoms with Gasteiger partial charge in [-0.2, -0.15) is 0 Å². The van der Waals surface area contributed by atoms with Crippen molar-refractivity contribution in [2.45, 2.75) is 19.3 Å². The summed E-state index contributed by atoms with van der Waals surface area (Å²) in [6, 6.07) is 7.04. The van der Waals surface area contributed by atoms with Crippen LogP contribution in [0.25, 0.3) is 0 Å². The molecule has 2 rings (SSSR count). The Labute approximate surface area is 89.9 Å². The summed E-state index contributed by atoms with van der Waals surface area (Å²) >= 11 is 0. The number of nitrogens with two attached hydrogens (primary N) is 1. The van der Waals surface area contributed by atoms with Crippen molar-refractivity contribution in [3.8, 4) is 11.5 Å². The monoisotopic (exact) mass is 207 g/mol. The van der Waals surface area contributed by atoms with E-state index in [2.05, 4.69) is 0 Å². The van der Waals surface area contributed by atoms with E-state index in [-0.39, 0.29) is 11.2 Å². The minimum Gasteiger partial charge on any atom is -0.504 e. The summed E-state index contributed by atoms with van der Waals surface area (Å²) in [5.74, 6) is 0.751. The van der Waals surface area contributed by atoms with Crippen molar-refractivity contribution in [3.05, 3.63) is 24.3 Å². The van der Waals surface area contributed by atoms with Crippen LogP contribution in [-0.2, 0) is 0 Å². The lowest BCUT2D eigenvalue weighted by Crippen LogP contribution is -2.42. The van der Waals surface area contributed by atoms with E-state index in [1.54, 1.807) is 18.2 Å². The molecule has 0 unspecified atom stereocenters. The molecular formula is C12H17NO2. The van der Waals surface area contributed by atoms with Crippen LogP contribution in [-0.4, -0.2) is 18.3 Å². The van der Waals surface area contributed by atoms with Crippen LogP contribution < -0.4 is 10.5 Å². The molecular weight excluding hydrogens is 190 g/mol. The van der Waals surface area contributed by atoms with Gasteiger partial charge in [0.1, 0.15) is 0 Å². The minimum absolute atomic E-state index is 0.155. The number of para-hydroxylation sites is 2. The first-order valence-electron chi connectivity index (χ1n) is 5.37. The molecule has 0 aliphatic heterocycles. The third kappa shape index (κ3) is 2.07. The highest BCUT2D eigenvalue weighted by Crippen LogP contribution is 2.40. The van der Waals surface area contributed by atoms with Crippen LogP contribution in [0.3, 0.4) is 0 Å². The quantitative estimate of drug-likeness (QED) is 0.792. The van der Waals surface area contributed by atoms with E-state index in [9.17, 15) is 5.11 Å². The fraction of sp³-hybridized carbons (Fsp3) is 0.500. The Balaban J connectivity index is 1.95. The average Bonchev–Trinajstić information content (AvgIpc) is 2.19. The van der Waals surface area contributed by atoms with E-state index in [0.29, 0.717) is 18.9 Å². The van der Waals surface area contributed by atoms with Crippen LogP contribution in [0, 0.1) is 5.41 Å². The SMILES string of the molecule is NCC1(COc2ccccc2O)CCC1.